The van der Waals surface area contributed by atoms with Crippen LogP contribution in [0.15, 0.2) is 36.4 Å². The van der Waals surface area contributed by atoms with Crippen LogP contribution < -0.4 is 16.2 Å². The zero-order chi connectivity index (χ0) is 20.4. The molecule has 2 heterocycles. The van der Waals surface area contributed by atoms with E-state index in [1.807, 2.05) is 18.2 Å². The fourth-order valence-corrected chi connectivity index (χ4v) is 4.05. The van der Waals surface area contributed by atoms with Gasteiger partial charge in [0.1, 0.15) is 11.6 Å². The van der Waals surface area contributed by atoms with Gasteiger partial charge in [-0.05, 0) is 69.0 Å². The maximum absolute atomic E-state index is 6.15. The molecule has 1 saturated heterocycles. The molecule has 152 valence electrons. The molecule has 1 aliphatic heterocycles. The Bertz CT molecular complexity index is 1010. The third-order valence-corrected chi connectivity index (χ3v) is 5.81. The molecule has 3 aromatic rings. The number of likely N-dealkylation sites (tertiary alicyclic amines) is 1. The van der Waals surface area contributed by atoms with E-state index in [9.17, 15) is 0 Å². The molecule has 2 aromatic carbocycles. The smallest absolute Gasteiger partial charge is 0.222 e. The highest BCUT2D eigenvalue weighted by Gasteiger charge is 2.21. The van der Waals surface area contributed by atoms with Gasteiger partial charge in [-0.25, -0.2) is 4.98 Å². The van der Waals surface area contributed by atoms with Gasteiger partial charge in [0.05, 0.1) is 17.5 Å². The minimum absolute atomic E-state index is 0.184. The molecule has 0 atom stereocenters. The van der Waals surface area contributed by atoms with E-state index in [2.05, 4.69) is 46.9 Å². The summed E-state index contributed by atoms with van der Waals surface area (Å²) in [7, 11) is 0. The molecule has 0 bridgehead atoms. The summed E-state index contributed by atoms with van der Waals surface area (Å²) in [4.78, 5) is 10.9. The predicted octanol–water partition coefficient (Wildman–Crippen LogP) is 3.70. The Balaban J connectivity index is 1.35. The highest BCUT2D eigenvalue weighted by molar-refractivity contribution is 5.94. The molecule has 0 saturated carbocycles. The Kier molecular flexibility index (Phi) is 5.53. The fraction of sp³-hybridized carbons (Fsp3) is 0.391. The lowest BCUT2D eigenvalue weighted by molar-refractivity contribution is 0.137. The normalized spacial score (nSPS) is 15.7. The summed E-state index contributed by atoms with van der Waals surface area (Å²) >= 11 is 0. The van der Waals surface area contributed by atoms with E-state index in [0.29, 0.717) is 18.3 Å². The van der Waals surface area contributed by atoms with E-state index < -0.39 is 0 Å². The summed E-state index contributed by atoms with van der Waals surface area (Å²) in [5.74, 6) is 1.82. The fourth-order valence-electron chi connectivity index (χ4n) is 4.05. The number of hydrogen-bond acceptors (Lipinski definition) is 6. The number of rotatable bonds is 5. The van der Waals surface area contributed by atoms with Gasteiger partial charge in [0.15, 0.2) is 0 Å². The Morgan fingerprint density at radius 3 is 2.66 bits per heavy atom. The lowest BCUT2D eigenvalue weighted by Crippen LogP contribution is -2.35. The van der Waals surface area contributed by atoms with Crippen molar-refractivity contribution < 1.29 is 4.74 Å². The van der Waals surface area contributed by atoms with Crippen molar-refractivity contribution in [2.24, 2.45) is 5.92 Å². The van der Waals surface area contributed by atoms with E-state index in [1.54, 1.807) is 0 Å². The summed E-state index contributed by atoms with van der Waals surface area (Å²) < 4.78 is 6.15. The van der Waals surface area contributed by atoms with E-state index in [1.165, 1.54) is 16.7 Å². The van der Waals surface area contributed by atoms with Crippen molar-refractivity contribution >= 4 is 22.7 Å². The molecule has 6 nitrogen and oxygen atoms in total. The number of piperidine rings is 1. The van der Waals surface area contributed by atoms with Crippen molar-refractivity contribution in [2.75, 3.05) is 31.2 Å². The zero-order valence-corrected chi connectivity index (χ0v) is 17.2. The van der Waals surface area contributed by atoms with Crippen LogP contribution in [0.3, 0.4) is 0 Å². The molecule has 6 heteroatoms. The molecule has 1 aliphatic rings. The Labute approximate surface area is 171 Å². The van der Waals surface area contributed by atoms with Crippen LogP contribution in [0.5, 0.6) is 5.75 Å². The maximum atomic E-state index is 6.15. The minimum atomic E-state index is 0.184. The average molecular weight is 392 g/mol. The highest BCUT2D eigenvalue weighted by atomic mass is 16.5. The van der Waals surface area contributed by atoms with Gasteiger partial charge in [-0.2, -0.15) is 4.98 Å². The number of ether oxygens (including phenoxy) is 1. The minimum Gasteiger partial charge on any atom is -0.492 e. The van der Waals surface area contributed by atoms with Crippen LogP contribution in [0, 0.1) is 19.8 Å². The largest absolute Gasteiger partial charge is 0.492 e. The number of fused-ring (bicyclic) bond motifs is 1. The van der Waals surface area contributed by atoms with E-state index >= 15 is 0 Å². The molecular weight excluding hydrogens is 362 g/mol. The van der Waals surface area contributed by atoms with Gasteiger partial charge in [0.2, 0.25) is 5.95 Å². The summed E-state index contributed by atoms with van der Waals surface area (Å²) in [6.45, 7) is 8.26. The van der Waals surface area contributed by atoms with Crippen molar-refractivity contribution in [3.8, 4) is 5.75 Å². The number of nitrogen functional groups attached to an aromatic ring is 2. The maximum Gasteiger partial charge on any atom is 0.222 e. The number of anilines is 2. The first-order valence-corrected chi connectivity index (χ1v) is 10.2. The van der Waals surface area contributed by atoms with Crippen LogP contribution in [0.1, 0.15) is 29.5 Å². The van der Waals surface area contributed by atoms with Crippen molar-refractivity contribution in [2.45, 2.75) is 33.2 Å². The van der Waals surface area contributed by atoms with Crippen molar-refractivity contribution in [3.05, 3.63) is 53.1 Å². The first-order valence-electron chi connectivity index (χ1n) is 10.2. The summed E-state index contributed by atoms with van der Waals surface area (Å²) in [5.41, 5.74) is 16.6. The van der Waals surface area contributed by atoms with Gasteiger partial charge in [-0.1, -0.05) is 29.8 Å². The lowest BCUT2D eigenvalue weighted by Gasteiger charge is -2.32. The van der Waals surface area contributed by atoms with E-state index in [0.717, 1.165) is 49.1 Å². The Morgan fingerprint density at radius 2 is 1.86 bits per heavy atom. The second-order valence-corrected chi connectivity index (χ2v) is 8.08. The quantitative estimate of drug-likeness (QED) is 0.689. The van der Waals surface area contributed by atoms with E-state index in [4.69, 9.17) is 16.2 Å². The molecule has 0 unspecified atom stereocenters. The van der Waals surface area contributed by atoms with Crippen molar-refractivity contribution in [1.82, 2.24) is 14.9 Å². The molecule has 4 rings (SSSR count). The van der Waals surface area contributed by atoms with Crippen LogP contribution in [-0.4, -0.2) is 34.6 Å². The zero-order valence-electron chi connectivity index (χ0n) is 17.2. The Morgan fingerprint density at radius 1 is 1.07 bits per heavy atom. The van der Waals surface area contributed by atoms with Crippen molar-refractivity contribution in [1.29, 1.82) is 0 Å². The van der Waals surface area contributed by atoms with Crippen LogP contribution in [0.2, 0.25) is 0 Å². The van der Waals surface area contributed by atoms with Gasteiger partial charge in [-0.15, -0.1) is 0 Å². The molecule has 1 fully saturated rings. The monoisotopic (exact) mass is 391 g/mol. The number of nitrogens with two attached hydrogens (primary N) is 2. The second-order valence-electron chi connectivity index (χ2n) is 8.08. The molecule has 4 N–H and O–H groups in total. The number of hydrogen-bond donors (Lipinski definition) is 2. The van der Waals surface area contributed by atoms with Crippen LogP contribution in [0.25, 0.3) is 10.9 Å². The standard InChI is InChI=1S/C23H29N5O/c1-15-6-7-16(2)18(12-15)13-28-10-8-17(9-11-28)14-29-20-5-3-4-19-21(20)22(24)27-23(25)26-19/h3-7,12,17H,8-11,13-14H2,1-2H3,(H4,24,25,26,27). The van der Waals surface area contributed by atoms with Crippen molar-refractivity contribution in [3.63, 3.8) is 0 Å². The number of aromatic nitrogens is 2. The summed E-state index contributed by atoms with van der Waals surface area (Å²) in [6.07, 6.45) is 2.27. The average Bonchev–Trinajstić information content (AvgIpc) is 2.70. The topological polar surface area (TPSA) is 90.3 Å². The van der Waals surface area contributed by atoms with Gasteiger partial charge in [0, 0.05) is 6.54 Å². The first kappa shape index (κ1) is 19.5. The van der Waals surface area contributed by atoms with Gasteiger partial charge in [-0.3, -0.25) is 4.90 Å². The number of aryl methyl sites for hydroxylation is 2. The third kappa shape index (κ3) is 4.43. The molecule has 29 heavy (non-hydrogen) atoms. The molecular formula is C23H29N5O. The summed E-state index contributed by atoms with van der Waals surface area (Å²) in [5, 5.41) is 0.744. The SMILES string of the molecule is Cc1ccc(C)c(CN2CCC(COc3cccc4nc(N)nc(N)c34)CC2)c1. The van der Waals surface area contributed by atoms with Crippen LogP contribution >= 0.6 is 0 Å². The molecule has 1 aromatic heterocycles. The third-order valence-electron chi connectivity index (χ3n) is 5.81. The molecule has 0 spiro atoms. The molecule has 0 amide bonds. The molecule has 0 aliphatic carbocycles. The van der Waals surface area contributed by atoms with Gasteiger partial charge in [0.25, 0.3) is 0 Å². The van der Waals surface area contributed by atoms with Gasteiger partial charge < -0.3 is 16.2 Å². The van der Waals surface area contributed by atoms with Crippen LogP contribution in [0.4, 0.5) is 11.8 Å². The first-order chi connectivity index (χ1) is 14.0. The second kappa shape index (κ2) is 8.25. The highest BCUT2D eigenvalue weighted by Crippen LogP contribution is 2.30. The van der Waals surface area contributed by atoms with E-state index in [-0.39, 0.29) is 5.95 Å². The van der Waals surface area contributed by atoms with Crippen LogP contribution in [-0.2, 0) is 6.54 Å². The van der Waals surface area contributed by atoms with Gasteiger partial charge >= 0.3 is 0 Å². The Hall–Kier alpha value is -2.86. The number of benzene rings is 2. The predicted molar refractivity (Wildman–Crippen MR) is 118 cm³/mol. The summed E-state index contributed by atoms with van der Waals surface area (Å²) in [6, 6.07) is 12.4. The lowest BCUT2D eigenvalue weighted by atomic mass is 9.96. The molecule has 0 radical (unpaired) electrons. The number of nitrogens with zero attached hydrogens (tertiary/aromatic N) is 3.